The molecule has 128 valence electrons. The molecule has 1 aromatic heterocycles. The van der Waals surface area contributed by atoms with Gasteiger partial charge in [-0.15, -0.1) is 0 Å². The van der Waals surface area contributed by atoms with Gasteiger partial charge >= 0.3 is 0 Å². The zero-order valence-corrected chi connectivity index (χ0v) is 14.4. The number of aryl methyl sites for hydroxylation is 2. The molecule has 0 spiro atoms. The summed E-state index contributed by atoms with van der Waals surface area (Å²) in [7, 11) is 1.79. The van der Waals surface area contributed by atoms with E-state index in [-0.39, 0.29) is 11.3 Å². The second-order valence-electron chi connectivity index (χ2n) is 7.10. The number of carbonyl (C=O) groups is 1. The van der Waals surface area contributed by atoms with Gasteiger partial charge in [0.25, 0.3) is 0 Å². The molecule has 2 aliphatic rings. The second-order valence-corrected chi connectivity index (χ2v) is 7.10. The molecule has 6 nitrogen and oxygen atoms in total. The van der Waals surface area contributed by atoms with E-state index in [0.29, 0.717) is 36.7 Å². The van der Waals surface area contributed by atoms with Crippen molar-refractivity contribution in [2.24, 2.45) is 5.41 Å². The van der Waals surface area contributed by atoms with Crippen molar-refractivity contribution in [2.45, 2.75) is 70.9 Å². The van der Waals surface area contributed by atoms with Gasteiger partial charge in [0.05, 0.1) is 6.10 Å². The van der Waals surface area contributed by atoms with Crippen molar-refractivity contribution < 1.29 is 14.1 Å². The van der Waals surface area contributed by atoms with Crippen LogP contribution >= 0.6 is 0 Å². The average Bonchev–Trinajstić information content (AvgIpc) is 3.15. The third kappa shape index (κ3) is 3.27. The van der Waals surface area contributed by atoms with Crippen LogP contribution in [-0.4, -0.2) is 46.7 Å². The quantitative estimate of drug-likeness (QED) is 0.833. The van der Waals surface area contributed by atoms with Crippen molar-refractivity contribution >= 4 is 5.91 Å². The number of nitrogens with zero attached hydrogens (tertiary/aromatic N) is 3. The summed E-state index contributed by atoms with van der Waals surface area (Å²) in [5.41, 5.74) is 0.203. The van der Waals surface area contributed by atoms with Crippen LogP contribution in [0.25, 0.3) is 0 Å². The Kier molecular flexibility index (Phi) is 4.71. The van der Waals surface area contributed by atoms with Gasteiger partial charge in [-0.1, -0.05) is 19.0 Å². The number of fused-ring (bicyclic) bond motifs is 1. The molecule has 2 heterocycles. The minimum absolute atomic E-state index is 0.203. The highest BCUT2D eigenvalue weighted by Gasteiger charge is 2.49. The third-order valence-electron chi connectivity index (χ3n) is 5.59. The molecule has 1 saturated heterocycles. The van der Waals surface area contributed by atoms with E-state index >= 15 is 0 Å². The number of methoxy groups -OCH3 is 1. The monoisotopic (exact) mass is 321 g/mol. The number of ether oxygens (including phenoxy) is 1. The molecule has 1 aliphatic carbocycles. The van der Waals surface area contributed by atoms with Crippen LogP contribution in [0.3, 0.4) is 0 Å². The largest absolute Gasteiger partial charge is 0.381 e. The van der Waals surface area contributed by atoms with E-state index in [0.717, 1.165) is 38.6 Å². The summed E-state index contributed by atoms with van der Waals surface area (Å²) in [5, 5.41) is 3.88. The summed E-state index contributed by atoms with van der Waals surface area (Å²) in [6, 6.07) is 0.357. The first-order valence-electron chi connectivity index (χ1n) is 8.69. The summed E-state index contributed by atoms with van der Waals surface area (Å²) >= 11 is 0. The zero-order valence-electron chi connectivity index (χ0n) is 14.4. The lowest BCUT2D eigenvalue weighted by atomic mass is 9.71. The van der Waals surface area contributed by atoms with E-state index < -0.39 is 0 Å². The number of carbonyl (C=O) groups excluding carboxylic acids is 1. The molecule has 0 aromatic carbocycles. The van der Waals surface area contributed by atoms with Gasteiger partial charge in [-0.2, -0.15) is 4.98 Å². The molecule has 3 rings (SSSR count). The van der Waals surface area contributed by atoms with Gasteiger partial charge in [0.15, 0.2) is 5.82 Å². The van der Waals surface area contributed by atoms with Gasteiger partial charge in [0, 0.05) is 39.0 Å². The molecule has 0 bridgehead atoms. The number of aromatic nitrogens is 2. The Bertz CT molecular complexity index is 559. The van der Waals surface area contributed by atoms with Crippen LogP contribution < -0.4 is 0 Å². The molecule has 2 fully saturated rings. The topological polar surface area (TPSA) is 68.5 Å². The van der Waals surface area contributed by atoms with Crippen LogP contribution in [0.1, 0.15) is 57.7 Å². The lowest BCUT2D eigenvalue weighted by Crippen LogP contribution is -2.46. The van der Waals surface area contributed by atoms with Crippen LogP contribution in [-0.2, 0) is 22.4 Å². The standard InChI is InChI=1S/C17H27N3O3/c1-4-14-18-15(23-19-14)7-8-16(21)20-10-9-17(2)11-12(22-3)5-6-13(17)20/h12-13H,4-11H2,1-3H3/t12-,13-,17+/m1/s1. The number of rotatable bonds is 5. The van der Waals surface area contributed by atoms with Gasteiger partial charge in [-0.05, 0) is 31.1 Å². The maximum absolute atomic E-state index is 12.6. The first-order valence-corrected chi connectivity index (χ1v) is 8.69. The summed E-state index contributed by atoms with van der Waals surface area (Å²) in [6.07, 6.45) is 6.30. The minimum atomic E-state index is 0.203. The minimum Gasteiger partial charge on any atom is -0.381 e. The van der Waals surface area contributed by atoms with E-state index in [2.05, 4.69) is 22.0 Å². The van der Waals surface area contributed by atoms with Gasteiger partial charge in [0.1, 0.15) is 0 Å². The summed E-state index contributed by atoms with van der Waals surface area (Å²) in [6.45, 7) is 5.16. The van der Waals surface area contributed by atoms with Gasteiger partial charge in [-0.3, -0.25) is 4.79 Å². The van der Waals surface area contributed by atoms with Crippen molar-refractivity contribution in [3.05, 3.63) is 11.7 Å². The molecular formula is C17H27N3O3. The first-order chi connectivity index (χ1) is 11.1. The van der Waals surface area contributed by atoms with Crippen LogP contribution in [0, 0.1) is 5.41 Å². The van der Waals surface area contributed by atoms with Crippen molar-refractivity contribution in [3.8, 4) is 0 Å². The maximum atomic E-state index is 12.6. The number of likely N-dealkylation sites (tertiary alicyclic amines) is 1. The molecule has 6 heteroatoms. The Morgan fingerprint density at radius 2 is 2.30 bits per heavy atom. The second kappa shape index (κ2) is 6.59. The number of hydrogen-bond acceptors (Lipinski definition) is 5. The normalized spacial score (nSPS) is 30.5. The van der Waals surface area contributed by atoms with Crippen molar-refractivity contribution in [3.63, 3.8) is 0 Å². The molecular weight excluding hydrogens is 294 g/mol. The van der Waals surface area contributed by atoms with Crippen LogP contribution in [0.15, 0.2) is 4.52 Å². The van der Waals surface area contributed by atoms with Crippen molar-refractivity contribution in [1.29, 1.82) is 0 Å². The smallest absolute Gasteiger partial charge is 0.227 e. The Balaban J connectivity index is 1.58. The van der Waals surface area contributed by atoms with Crippen LogP contribution in [0.4, 0.5) is 0 Å². The van der Waals surface area contributed by atoms with E-state index in [1.54, 1.807) is 7.11 Å². The molecule has 3 atom stereocenters. The fourth-order valence-corrected chi connectivity index (χ4v) is 4.18. The van der Waals surface area contributed by atoms with Crippen LogP contribution in [0.2, 0.25) is 0 Å². The number of hydrogen-bond donors (Lipinski definition) is 0. The van der Waals surface area contributed by atoms with Gasteiger partial charge in [-0.25, -0.2) is 0 Å². The molecule has 1 amide bonds. The molecule has 0 N–H and O–H groups in total. The predicted octanol–water partition coefficient (Wildman–Crippen LogP) is 2.37. The zero-order chi connectivity index (χ0) is 16.4. The lowest BCUT2D eigenvalue weighted by Gasteiger charge is -2.42. The van der Waals surface area contributed by atoms with E-state index in [1.165, 1.54) is 0 Å². The average molecular weight is 321 g/mol. The highest BCUT2D eigenvalue weighted by atomic mass is 16.5. The Morgan fingerprint density at radius 1 is 1.48 bits per heavy atom. The Morgan fingerprint density at radius 3 is 3.00 bits per heavy atom. The van der Waals surface area contributed by atoms with Gasteiger partial charge < -0.3 is 14.2 Å². The van der Waals surface area contributed by atoms with E-state index in [1.807, 2.05) is 6.92 Å². The lowest BCUT2D eigenvalue weighted by molar-refractivity contribution is -0.134. The molecule has 1 aliphatic heterocycles. The summed E-state index contributed by atoms with van der Waals surface area (Å²) in [5.74, 6) is 1.49. The van der Waals surface area contributed by atoms with Crippen molar-refractivity contribution in [2.75, 3.05) is 13.7 Å². The first kappa shape index (κ1) is 16.4. The van der Waals surface area contributed by atoms with Crippen molar-refractivity contribution in [1.82, 2.24) is 15.0 Å². The number of amides is 1. The molecule has 1 saturated carbocycles. The highest BCUT2D eigenvalue weighted by Crippen LogP contribution is 2.47. The molecule has 23 heavy (non-hydrogen) atoms. The molecule has 1 aromatic rings. The molecule has 0 unspecified atom stereocenters. The fraction of sp³-hybridized carbons (Fsp3) is 0.824. The SMILES string of the molecule is CCc1noc(CCC(=O)N2CC[C@@]3(C)C[C@H](OC)CC[C@@H]23)n1. The summed E-state index contributed by atoms with van der Waals surface area (Å²) in [4.78, 5) is 19.0. The summed E-state index contributed by atoms with van der Waals surface area (Å²) < 4.78 is 10.7. The van der Waals surface area contributed by atoms with E-state index in [9.17, 15) is 4.79 Å². The Labute approximate surface area is 137 Å². The predicted molar refractivity (Wildman–Crippen MR) is 84.9 cm³/mol. The van der Waals surface area contributed by atoms with E-state index in [4.69, 9.17) is 9.26 Å². The molecule has 0 radical (unpaired) electrons. The Hall–Kier alpha value is -1.43. The highest BCUT2D eigenvalue weighted by molar-refractivity contribution is 5.77. The van der Waals surface area contributed by atoms with Crippen LogP contribution in [0.5, 0.6) is 0 Å². The fourth-order valence-electron chi connectivity index (χ4n) is 4.18. The maximum Gasteiger partial charge on any atom is 0.227 e. The third-order valence-corrected chi connectivity index (χ3v) is 5.59. The van der Waals surface area contributed by atoms with Gasteiger partial charge in [0.2, 0.25) is 11.8 Å².